The first kappa shape index (κ1) is 10.7. The molecule has 1 aliphatic heterocycles. The molecule has 0 fully saturated rings. The largest absolute Gasteiger partial charge is 0.493 e. The van der Waals surface area contributed by atoms with Gasteiger partial charge in [-0.3, -0.25) is 0 Å². The van der Waals surface area contributed by atoms with Crippen LogP contribution in [0.15, 0.2) is 34.9 Å². The van der Waals surface area contributed by atoms with E-state index in [4.69, 9.17) is 26.5 Å². The van der Waals surface area contributed by atoms with Crippen LogP contribution in [0.25, 0.3) is 0 Å². The number of ether oxygens (including phenoxy) is 1. The fraction of sp³-hybridized carbons (Fsp3) is 0.231. The molecule has 1 aromatic heterocycles. The second-order valence-electron chi connectivity index (χ2n) is 4.09. The smallest absolute Gasteiger partial charge is 0.198 e. The quantitative estimate of drug-likeness (QED) is 0.890. The lowest BCUT2D eigenvalue weighted by atomic mass is 9.99. The van der Waals surface area contributed by atoms with Gasteiger partial charge in [-0.05, 0) is 34.9 Å². The summed E-state index contributed by atoms with van der Waals surface area (Å²) in [4.78, 5) is 0. The third-order valence-electron chi connectivity index (χ3n) is 3.05. The van der Waals surface area contributed by atoms with Gasteiger partial charge < -0.3 is 14.9 Å². The Morgan fingerprint density at radius 1 is 1.29 bits per heavy atom. The summed E-state index contributed by atoms with van der Waals surface area (Å²) < 4.78 is 10.5. The molecule has 2 aromatic rings. The van der Waals surface area contributed by atoms with Crippen LogP contribution in [0.3, 0.4) is 0 Å². The highest BCUT2D eigenvalue weighted by atomic mass is 35.5. The predicted octanol–water partition coefficient (Wildman–Crippen LogP) is 2.92. The van der Waals surface area contributed by atoms with Crippen molar-refractivity contribution in [2.45, 2.75) is 12.5 Å². The van der Waals surface area contributed by atoms with E-state index in [0.29, 0.717) is 5.22 Å². The van der Waals surface area contributed by atoms with Gasteiger partial charge in [0, 0.05) is 12.0 Å². The number of furan rings is 1. The minimum atomic E-state index is -0.257. The van der Waals surface area contributed by atoms with E-state index in [1.54, 1.807) is 12.3 Å². The van der Waals surface area contributed by atoms with E-state index >= 15 is 0 Å². The minimum Gasteiger partial charge on any atom is -0.493 e. The van der Waals surface area contributed by atoms with Crippen molar-refractivity contribution >= 4 is 11.6 Å². The van der Waals surface area contributed by atoms with Gasteiger partial charge in [-0.1, -0.05) is 12.1 Å². The Labute approximate surface area is 104 Å². The van der Waals surface area contributed by atoms with Gasteiger partial charge in [0.25, 0.3) is 0 Å². The third-order valence-corrected chi connectivity index (χ3v) is 3.36. The molecule has 1 unspecified atom stereocenters. The van der Waals surface area contributed by atoms with E-state index in [1.165, 1.54) is 5.56 Å². The summed E-state index contributed by atoms with van der Waals surface area (Å²) in [5, 5.41) is 0.356. The molecule has 0 bridgehead atoms. The Kier molecular flexibility index (Phi) is 2.57. The van der Waals surface area contributed by atoms with Gasteiger partial charge in [-0.2, -0.15) is 0 Å². The number of halogens is 1. The molecular weight excluding hydrogens is 238 g/mol. The van der Waals surface area contributed by atoms with Crippen LogP contribution in [-0.2, 0) is 6.42 Å². The summed E-state index contributed by atoms with van der Waals surface area (Å²) in [6.45, 7) is 0.750. The zero-order valence-corrected chi connectivity index (χ0v) is 9.91. The topological polar surface area (TPSA) is 48.4 Å². The highest BCUT2D eigenvalue weighted by Crippen LogP contribution is 2.32. The fourth-order valence-corrected chi connectivity index (χ4v) is 2.34. The summed E-state index contributed by atoms with van der Waals surface area (Å²) in [5.41, 5.74) is 9.21. The molecule has 88 valence electrons. The average Bonchev–Trinajstić information content (AvgIpc) is 2.95. The Hall–Kier alpha value is -1.45. The van der Waals surface area contributed by atoms with Gasteiger partial charge in [-0.15, -0.1) is 0 Å². The zero-order valence-electron chi connectivity index (χ0n) is 9.15. The van der Waals surface area contributed by atoms with Gasteiger partial charge >= 0.3 is 0 Å². The highest BCUT2D eigenvalue weighted by molar-refractivity contribution is 6.29. The monoisotopic (exact) mass is 249 g/mol. The van der Waals surface area contributed by atoms with Gasteiger partial charge in [-0.25, -0.2) is 0 Å². The number of rotatable bonds is 2. The lowest BCUT2D eigenvalue weighted by Gasteiger charge is -2.11. The first-order valence-corrected chi connectivity index (χ1v) is 5.87. The Balaban J connectivity index is 1.97. The molecule has 17 heavy (non-hydrogen) atoms. The molecular formula is C13H12ClNO2. The molecule has 0 saturated heterocycles. The molecule has 0 radical (unpaired) electrons. The second-order valence-corrected chi connectivity index (χ2v) is 4.44. The van der Waals surface area contributed by atoms with Crippen molar-refractivity contribution in [2.24, 2.45) is 5.73 Å². The van der Waals surface area contributed by atoms with Crippen molar-refractivity contribution < 1.29 is 9.15 Å². The Morgan fingerprint density at radius 3 is 2.94 bits per heavy atom. The van der Waals surface area contributed by atoms with Crippen molar-refractivity contribution in [2.75, 3.05) is 6.61 Å². The molecule has 0 saturated carbocycles. The van der Waals surface area contributed by atoms with E-state index in [9.17, 15) is 0 Å². The fourth-order valence-electron chi connectivity index (χ4n) is 2.11. The third kappa shape index (κ3) is 1.81. The first-order chi connectivity index (χ1) is 8.25. The molecule has 1 atom stereocenters. The lowest BCUT2D eigenvalue weighted by molar-refractivity contribution is 0.357. The van der Waals surface area contributed by atoms with Crippen LogP contribution in [0.5, 0.6) is 5.75 Å². The molecule has 2 heterocycles. The maximum atomic E-state index is 6.17. The molecule has 3 nitrogen and oxygen atoms in total. The number of hydrogen-bond acceptors (Lipinski definition) is 3. The van der Waals surface area contributed by atoms with Crippen LogP contribution in [0.1, 0.15) is 22.7 Å². The summed E-state index contributed by atoms with van der Waals surface area (Å²) in [6.07, 6.45) is 2.49. The van der Waals surface area contributed by atoms with Crippen molar-refractivity contribution in [1.29, 1.82) is 0 Å². The molecule has 1 aliphatic rings. The number of fused-ring (bicyclic) bond motifs is 1. The Bertz CT molecular complexity index is 550. The average molecular weight is 250 g/mol. The van der Waals surface area contributed by atoms with Crippen molar-refractivity contribution in [3.8, 4) is 5.75 Å². The minimum absolute atomic E-state index is 0.257. The number of nitrogens with two attached hydrogens (primary N) is 1. The summed E-state index contributed by atoms with van der Waals surface area (Å²) >= 11 is 5.93. The predicted molar refractivity (Wildman–Crippen MR) is 65.4 cm³/mol. The second kappa shape index (κ2) is 4.09. The highest BCUT2D eigenvalue weighted by Gasteiger charge is 2.18. The van der Waals surface area contributed by atoms with E-state index in [0.717, 1.165) is 29.9 Å². The van der Waals surface area contributed by atoms with Gasteiger partial charge in [0.05, 0.1) is 18.9 Å². The molecule has 0 amide bonds. The summed E-state index contributed by atoms with van der Waals surface area (Å²) in [6, 6.07) is 7.56. The molecule has 4 heteroatoms. The normalized spacial score (nSPS) is 15.4. The lowest BCUT2D eigenvalue weighted by Crippen LogP contribution is -2.11. The molecule has 1 aromatic carbocycles. The Morgan fingerprint density at radius 2 is 2.18 bits per heavy atom. The van der Waals surface area contributed by atoms with Crippen molar-refractivity contribution in [1.82, 2.24) is 0 Å². The zero-order chi connectivity index (χ0) is 11.8. The van der Waals surface area contributed by atoms with Crippen LogP contribution < -0.4 is 10.5 Å². The van der Waals surface area contributed by atoms with Gasteiger partial charge in [0.1, 0.15) is 5.75 Å². The molecule has 3 rings (SSSR count). The molecule has 0 aliphatic carbocycles. The molecule has 2 N–H and O–H groups in total. The van der Waals surface area contributed by atoms with Gasteiger partial charge in [0.15, 0.2) is 5.22 Å². The van der Waals surface area contributed by atoms with Gasteiger partial charge in [0.2, 0.25) is 0 Å². The number of benzene rings is 1. The van der Waals surface area contributed by atoms with E-state index in [2.05, 4.69) is 6.07 Å². The summed E-state index contributed by atoms with van der Waals surface area (Å²) in [5.74, 6) is 0.958. The van der Waals surface area contributed by atoms with Crippen molar-refractivity contribution in [3.63, 3.8) is 0 Å². The van der Waals surface area contributed by atoms with Crippen LogP contribution in [0.2, 0.25) is 5.22 Å². The van der Waals surface area contributed by atoms with Crippen LogP contribution >= 0.6 is 11.6 Å². The SMILES string of the molecule is NC(c1ccc2c(c1)CCO2)c1ccoc1Cl. The maximum Gasteiger partial charge on any atom is 0.198 e. The summed E-state index contributed by atoms with van der Waals surface area (Å²) in [7, 11) is 0. The molecule has 0 spiro atoms. The standard InChI is InChI=1S/C13H12ClNO2/c14-13-10(4-6-17-13)12(15)9-1-2-11-8(7-9)3-5-16-11/h1-2,4,6-7,12H,3,5,15H2. The van der Waals surface area contributed by atoms with E-state index in [1.807, 2.05) is 12.1 Å². The van der Waals surface area contributed by atoms with E-state index in [-0.39, 0.29) is 6.04 Å². The van der Waals surface area contributed by atoms with Crippen molar-refractivity contribution in [3.05, 3.63) is 52.4 Å². The van der Waals surface area contributed by atoms with E-state index < -0.39 is 0 Å². The van der Waals surface area contributed by atoms with Crippen LogP contribution in [0.4, 0.5) is 0 Å². The van der Waals surface area contributed by atoms with Crippen LogP contribution in [-0.4, -0.2) is 6.61 Å². The first-order valence-electron chi connectivity index (χ1n) is 5.50. The van der Waals surface area contributed by atoms with Crippen LogP contribution in [0, 0.1) is 0 Å². The number of hydrogen-bond donors (Lipinski definition) is 1. The maximum absolute atomic E-state index is 6.17.